The number of hydrogen-bond acceptors (Lipinski definition) is 3. The molecule has 0 saturated carbocycles. The molecule has 0 aliphatic carbocycles. The van der Waals surface area contributed by atoms with Crippen LogP contribution in [0, 0.1) is 0 Å². The molecule has 0 spiro atoms. The molecule has 120 valence electrons. The van der Waals surface area contributed by atoms with Crippen molar-refractivity contribution >= 4 is 0 Å². The second-order valence-electron chi connectivity index (χ2n) is 5.67. The van der Waals surface area contributed by atoms with Gasteiger partial charge in [0.15, 0.2) is 0 Å². The molecule has 1 N–H and O–H groups in total. The monoisotopic (exact) mass is 292 g/mol. The van der Waals surface area contributed by atoms with Crippen molar-refractivity contribution in [2.24, 2.45) is 0 Å². The third kappa shape index (κ3) is 6.96. The highest BCUT2D eigenvalue weighted by Gasteiger charge is 2.11. The van der Waals surface area contributed by atoms with E-state index in [1.807, 2.05) is 13.1 Å². The molecule has 0 radical (unpaired) electrons. The minimum Gasteiger partial charge on any atom is -0.492 e. The SMILES string of the molecule is CCCCN(CCOc1cccc(CNC)c1)C(C)CC. The Morgan fingerprint density at radius 1 is 1.24 bits per heavy atom. The smallest absolute Gasteiger partial charge is 0.119 e. The van der Waals surface area contributed by atoms with Gasteiger partial charge in [0.05, 0.1) is 0 Å². The van der Waals surface area contributed by atoms with Crippen molar-refractivity contribution < 1.29 is 4.74 Å². The van der Waals surface area contributed by atoms with Gasteiger partial charge in [-0.05, 0) is 51.1 Å². The van der Waals surface area contributed by atoms with E-state index in [1.54, 1.807) is 0 Å². The third-order valence-corrected chi connectivity index (χ3v) is 3.94. The lowest BCUT2D eigenvalue weighted by Crippen LogP contribution is -2.36. The van der Waals surface area contributed by atoms with Crippen LogP contribution in [0.1, 0.15) is 45.6 Å². The summed E-state index contributed by atoms with van der Waals surface area (Å²) >= 11 is 0. The first-order valence-electron chi connectivity index (χ1n) is 8.31. The van der Waals surface area contributed by atoms with Crippen molar-refractivity contribution in [3.8, 4) is 5.75 Å². The average molecular weight is 292 g/mol. The highest BCUT2D eigenvalue weighted by molar-refractivity contribution is 5.28. The number of unbranched alkanes of at least 4 members (excludes halogenated alkanes) is 1. The molecule has 0 aromatic heterocycles. The van der Waals surface area contributed by atoms with E-state index >= 15 is 0 Å². The van der Waals surface area contributed by atoms with Crippen LogP contribution in [-0.4, -0.2) is 37.7 Å². The Morgan fingerprint density at radius 2 is 2.05 bits per heavy atom. The van der Waals surface area contributed by atoms with Crippen LogP contribution < -0.4 is 10.1 Å². The maximum absolute atomic E-state index is 5.93. The van der Waals surface area contributed by atoms with Gasteiger partial charge in [0.2, 0.25) is 0 Å². The van der Waals surface area contributed by atoms with Crippen LogP contribution >= 0.6 is 0 Å². The molecule has 0 aliphatic heterocycles. The van der Waals surface area contributed by atoms with Gasteiger partial charge in [0, 0.05) is 19.1 Å². The highest BCUT2D eigenvalue weighted by Crippen LogP contribution is 2.13. The van der Waals surface area contributed by atoms with Crippen LogP contribution in [0.25, 0.3) is 0 Å². The van der Waals surface area contributed by atoms with E-state index in [2.05, 4.69) is 49.2 Å². The minimum absolute atomic E-state index is 0.635. The highest BCUT2D eigenvalue weighted by atomic mass is 16.5. The normalized spacial score (nSPS) is 12.6. The second-order valence-corrected chi connectivity index (χ2v) is 5.67. The van der Waals surface area contributed by atoms with E-state index in [1.165, 1.54) is 31.4 Å². The van der Waals surface area contributed by atoms with Crippen LogP contribution in [0.4, 0.5) is 0 Å². The summed E-state index contributed by atoms with van der Waals surface area (Å²) in [5, 5.41) is 3.17. The van der Waals surface area contributed by atoms with Crippen molar-refractivity contribution in [2.45, 2.75) is 52.6 Å². The molecular weight excluding hydrogens is 260 g/mol. The van der Waals surface area contributed by atoms with E-state index in [0.29, 0.717) is 6.04 Å². The largest absolute Gasteiger partial charge is 0.492 e. The molecule has 1 unspecified atom stereocenters. The lowest BCUT2D eigenvalue weighted by atomic mass is 10.2. The van der Waals surface area contributed by atoms with Crippen molar-refractivity contribution in [2.75, 3.05) is 26.7 Å². The molecule has 0 aliphatic rings. The number of ether oxygens (including phenoxy) is 1. The van der Waals surface area contributed by atoms with Crippen molar-refractivity contribution in [1.29, 1.82) is 0 Å². The molecule has 0 heterocycles. The fourth-order valence-electron chi connectivity index (χ4n) is 2.40. The first kappa shape index (κ1) is 18.0. The summed E-state index contributed by atoms with van der Waals surface area (Å²) in [5.74, 6) is 0.974. The Hall–Kier alpha value is -1.06. The Labute approximate surface area is 130 Å². The molecule has 1 atom stereocenters. The topological polar surface area (TPSA) is 24.5 Å². The van der Waals surface area contributed by atoms with Gasteiger partial charge in [0.1, 0.15) is 12.4 Å². The summed E-state index contributed by atoms with van der Waals surface area (Å²) in [5.41, 5.74) is 1.26. The fourth-order valence-corrected chi connectivity index (χ4v) is 2.40. The molecule has 0 amide bonds. The zero-order valence-corrected chi connectivity index (χ0v) is 14.2. The van der Waals surface area contributed by atoms with Crippen LogP contribution in [-0.2, 0) is 6.54 Å². The first-order valence-corrected chi connectivity index (χ1v) is 8.31. The molecule has 3 nitrogen and oxygen atoms in total. The Kier molecular flexibility index (Phi) is 9.11. The van der Waals surface area contributed by atoms with Gasteiger partial charge in [-0.15, -0.1) is 0 Å². The van der Waals surface area contributed by atoms with Gasteiger partial charge in [0.25, 0.3) is 0 Å². The lowest BCUT2D eigenvalue weighted by Gasteiger charge is -2.28. The van der Waals surface area contributed by atoms with Crippen LogP contribution in [0.3, 0.4) is 0 Å². The predicted octanol–water partition coefficient (Wildman–Crippen LogP) is 3.69. The maximum atomic E-state index is 5.93. The number of hydrogen-bond donors (Lipinski definition) is 1. The van der Waals surface area contributed by atoms with E-state index in [4.69, 9.17) is 4.74 Å². The molecule has 1 aromatic carbocycles. The van der Waals surface area contributed by atoms with E-state index in [0.717, 1.165) is 25.4 Å². The lowest BCUT2D eigenvalue weighted by molar-refractivity contribution is 0.162. The van der Waals surface area contributed by atoms with Crippen LogP contribution in [0.5, 0.6) is 5.75 Å². The standard InChI is InChI=1S/C18H32N2O/c1-5-7-11-20(16(3)6-2)12-13-21-18-10-8-9-17(14-18)15-19-4/h8-10,14,16,19H,5-7,11-13,15H2,1-4H3. The molecule has 1 aromatic rings. The molecule has 3 heteroatoms. The summed E-state index contributed by atoms with van der Waals surface area (Å²) in [6, 6.07) is 8.98. The molecule has 21 heavy (non-hydrogen) atoms. The van der Waals surface area contributed by atoms with Crippen molar-refractivity contribution in [1.82, 2.24) is 10.2 Å². The maximum Gasteiger partial charge on any atom is 0.119 e. The Bertz CT molecular complexity index is 381. The molecule has 0 saturated heterocycles. The van der Waals surface area contributed by atoms with Gasteiger partial charge < -0.3 is 10.1 Å². The Balaban J connectivity index is 2.43. The predicted molar refractivity (Wildman–Crippen MR) is 90.9 cm³/mol. The molecule has 0 fully saturated rings. The summed E-state index contributed by atoms with van der Waals surface area (Å²) in [6.45, 7) is 10.6. The van der Waals surface area contributed by atoms with Crippen LogP contribution in [0.15, 0.2) is 24.3 Å². The average Bonchev–Trinajstić information content (AvgIpc) is 2.50. The van der Waals surface area contributed by atoms with Gasteiger partial charge >= 0.3 is 0 Å². The molecule has 1 rings (SSSR count). The number of nitrogens with one attached hydrogen (secondary N) is 1. The van der Waals surface area contributed by atoms with Gasteiger partial charge in [-0.1, -0.05) is 32.4 Å². The zero-order valence-electron chi connectivity index (χ0n) is 14.2. The van der Waals surface area contributed by atoms with Crippen LogP contribution in [0.2, 0.25) is 0 Å². The number of nitrogens with zero attached hydrogens (tertiary/aromatic N) is 1. The van der Waals surface area contributed by atoms with E-state index in [-0.39, 0.29) is 0 Å². The molecule has 0 bridgehead atoms. The summed E-state index contributed by atoms with van der Waals surface area (Å²) < 4.78 is 5.93. The zero-order chi connectivity index (χ0) is 15.5. The van der Waals surface area contributed by atoms with E-state index < -0.39 is 0 Å². The van der Waals surface area contributed by atoms with Crippen molar-refractivity contribution in [3.05, 3.63) is 29.8 Å². The summed E-state index contributed by atoms with van der Waals surface area (Å²) in [6.07, 6.45) is 3.71. The van der Waals surface area contributed by atoms with E-state index in [9.17, 15) is 0 Å². The summed E-state index contributed by atoms with van der Waals surface area (Å²) in [7, 11) is 1.96. The van der Waals surface area contributed by atoms with Crippen molar-refractivity contribution in [3.63, 3.8) is 0 Å². The first-order chi connectivity index (χ1) is 10.2. The fraction of sp³-hybridized carbons (Fsp3) is 0.667. The Morgan fingerprint density at radius 3 is 2.71 bits per heavy atom. The minimum atomic E-state index is 0.635. The number of rotatable bonds is 11. The number of benzene rings is 1. The second kappa shape index (κ2) is 10.6. The van der Waals surface area contributed by atoms with Gasteiger partial charge in [-0.2, -0.15) is 0 Å². The van der Waals surface area contributed by atoms with Gasteiger partial charge in [-0.3, -0.25) is 4.90 Å². The molecular formula is C18H32N2O. The third-order valence-electron chi connectivity index (χ3n) is 3.94. The summed E-state index contributed by atoms with van der Waals surface area (Å²) in [4.78, 5) is 2.54. The van der Waals surface area contributed by atoms with Gasteiger partial charge in [-0.25, -0.2) is 0 Å². The quantitative estimate of drug-likeness (QED) is 0.673.